The highest BCUT2D eigenvalue weighted by atomic mass is 32.2. The summed E-state index contributed by atoms with van der Waals surface area (Å²) in [7, 11) is 0. The van der Waals surface area contributed by atoms with E-state index in [0.717, 1.165) is 23.3 Å². The number of nitrogens with zero attached hydrogens (tertiary/aromatic N) is 2. The van der Waals surface area contributed by atoms with Crippen LogP contribution in [-0.2, 0) is 11.3 Å². The summed E-state index contributed by atoms with van der Waals surface area (Å²) in [6, 6.07) is 5.77. The zero-order valence-electron chi connectivity index (χ0n) is 10.9. The van der Waals surface area contributed by atoms with E-state index in [1.165, 1.54) is 11.8 Å². The van der Waals surface area contributed by atoms with Gasteiger partial charge in [-0.25, -0.2) is 4.98 Å². The van der Waals surface area contributed by atoms with Crippen LogP contribution in [0, 0.1) is 0 Å². The Labute approximate surface area is 115 Å². The molecule has 1 aromatic carbocycles. The molecule has 0 spiro atoms. The third kappa shape index (κ3) is 2.84. The molecule has 0 fully saturated rings. The van der Waals surface area contributed by atoms with Crippen LogP contribution in [0.15, 0.2) is 23.4 Å². The Bertz CT molecular complexity index is 595. The molecule has 19 heavy (non-hydrogen) atoms. The van der Waals surface area contributed by atoms with Gasteiger partial charge in [0, 0.05) is 6.54 Å². The standard InChI is InChI=1S/C13H16N2O3S/c1-3-15-9-6-5-7-10(18-4-2)12(9)14-13(15)19-8-11(16)17/h5-7H,3-4,8H2,1-2H3,(H,16,17). The first kappa shape index (κ1) is 13.7. The van der Waals surface area contributed by atoms with Gasteiger partial charge in [0.1, 0.15) is 11.3 Å². The van der Waals surface area contributed by atoms with Crippen molar-refractivity contribution in [1.29, 1.82) is 0 Å². The number of para-hydroxylation sites is 1. The van der Waals surface area contributed by atoms with Crippen molar-refractivity contribution < 1.29 is 14.6 Å². The highest BCUT2D eigenvalue weighted by molar-refractivity contribution is 7.99. The van der Waals surface area contributed by atoms with Crippen LogP contribution < -0.4 is 4.74 Å². The lowest BCUT2D eigenvalue weighted by Crippen LogP contribution is -2.01. The number of aliphatic carboxylic acids is 1. The van der Waals surface area contributed by atoms with Gasteiger partial charge >= 0.3 is 5.97 Å². The third-order valence-corrected chi connectivity index (χ3v) is 3.61. The molecule has 0 aliphatic heterocycles. The summed E-state index contributed by atoms with van der Waals surface area (Å²) in [5.74, 6) is -0.0954. The van der Waals surface area contributed by atoms with Crippen LogP contribution in [0.5, 0.6) is 5.75 Å². The van der Waals surface area contributed by atoms with E-state index in [1.54, 1.807) is 0 Å². The predicted molar refractivity (Wildman–Crippen MR) is 74.9 cm³/mol. The Morgan fingerprint density at radius 2 is 2.26 bits per heavy atom. The molecule has 1 heterocycles. The zero-order valence-corrected chi connectivity index (χ0v) is 11.7. The van der Waals surface area contributed by atoms with Crippen LogP contribution in [0.3, 0.4) is 0 Å². The number of hydrogen-bond donors (Lipinski definition) is 1. The number of aromatic nitrogens is 2. The maximum atomic E-state index is 10.7. The lowest BCUT2D eigenvalue weighted by atomic mass is 10.3. The highest BCUT2D eigenvalue weighted by Gasteiger charge is 2.14. The number of fused-ring (bicyclic) bond motifs is 1. The van der Waals surface area contributed by atoms with Gasteiger partial charge < -0.3 is 14.4 Å². The second-order valence-corrected chi connectivity index (χ2v) is 4.82. The first-order valence-corrected chi connectivity index (χ1v) is 7.12. The predicted octanol–water partition coefficient (Wildman–Crippen LogP) is 2.63. The molecule has 102 valence electrons. The minimum atomic E-state index is -0.843. The van der Waals surface area contributed by atoms with Gasteiger partial charge in [0.25, 0.3) is 0 Å². The molecule has 1 aromatic heterocycles. The molecule has 0 atom stereocenters. The summed E-state index contributed by atoms with van der Waals surface area (Å²) in [5.41, 5.74) is 1.76. The molecule has 1 N–H and O–H groups in total. The Morgan fingerprint density at radius 3 is 2.89 bits per heavy atom. The van der Waals surface area contributed by atoms with Crippen molar-refractivity contribution in [3.63, 3.8) is 0 Å². The van der Waals surface area contributed by atoms with Gasteiger partial charge in [-0.3, -0.25) is 4.79 Å². The maximum absolute atomic E-state index is 10.7. The minimum Gasteiger partial charge on any atom is -0.492 e. The van der Waals surface area contributed by atoms with E-state index in [2.05, 4.69) is 4.98 Å². The monoisotopic (exact) mass is 280 g/mol. The van der Waals surface area contributed by atoms with E-state index in [0.29, 0.717) is 11.8 Å². The van der Waals surface area contributed by atoms with Gasteiger partial charge in [0.2, 0.25) is 0 Å². The number of carbonyl (C=O) groups is 1. The van der Waals surface area contributed by atoms with E-state index in [9.17, 15) is 4.79 Å². The molecule has 0 unspecified atom stereocenters. The molecule has 2 rings (SSSR count). The van der Waals surface area contributed by atoms with Crippen LogP contribution in [0.4, 0.5) is 0 Å². The smallest absolute Gasteiger partial charge is 0.313 e. The molecule has 2 aromatic rings. The molecular weight excluding hydrogens is 264 g/mol. The lowest BCUT2D eigenvalue weighted by molar-refractivity contribution is -0.133. The average molecular weight is 280 g/mol. The molecule has 0 bridgehead atoms. The SMILES string of the molecule is CCOc1cccc2c1nc(SCC(=O)O)n2CC. The second-order valence-electron chi connectivity index (χ2n) is 3.88. The quantitative estimate of drug-likeness (QED) is 0.824. The number of rotatable bonds is 6. The van der Waals surface area contributed by atoms with E-state index in [4.69, 9.17) is 9.84 Å². The summed E-state index contributed by atoms with van der Waals surface area (Å²) in [4.78, 5) is 15.2. The Morgan fingerprint density at radius 1 is 1.47 bits per heavy atom. The zero-order chi connectivity index (χ0) is 13.8. The highest BCUT2D eigenvalue weighted by Crippen LogP contribution is 2.30. The number of carboxylic acid groups (broad SMARTS) is 1. The normalized spacial score (nSPS) is 10.8. The van der Waals surface area contributed by atoms with Crippen molar-refractivity contribution in [3.05, 3.63) is 18.2 Å². The van der Waals surface area contributed by atoms with Crippen LogP contribution >= 0.6 is 11.8 Å². The molecule has 6 heteroatoms. The van der Waals surface area contributed by atoms with Crippen molar-refractivity contribution in [2.45, 2.75) is 25.5 Å². The number of carboxylic acids is 1. The Kier molecular flexibility index (Phi) is 4.31. The fraction of sp³-hybridized carbons (Fsp3) is 0.385. The van der Waals surface area contributed by atoms with Crippen LogP contribution in [0.1, 0.15) is 13.8 Å². The summed E-state index contributed by atoms with van der Waals surface area (Å²) in [6.45, 7) is 5.26. The second kappa shape index (κ2) is 5.97. The van der Waals surface area contributed by atoms with Gasteiger partial charge in [-0.05, 0) is 26.0 Å². The van der Waals surface area contributed by atoms with Crippen molar-refractivity contribution in [1.82, 2.24) is 9.55 Å². The first-order valence-electron chi connectivity index (χ1n) is 6.14. The summed E-state index contributed by atoms with van der Waals surface area (Å²) >= 11 is 1.23. The van der Waals surface area contributed by atoms with Crippen LogP contribution in [-0.4, -0.2) is 33.0 Å². The average Bonchev–Trinajstić information content (AvgIpc) is 2.75. The van der Waals surface area contributed by atoms with E-state index >= 15 is 0 Å². The van der Waals surface area contributed by atoms with Gasteiger partial charge in [0.05, 0.1) is 17.9 Å². The summed E-state index contributed by atoms with van der Waals surface area (Å²) < 4.78 is 7.56. The molecule has 5 nitrogen and oxygen atoms in total. The topological polar surface area (TPSA) is 64.3 Å². The number of ether oxygens (including phenoxy) is 1. The number of imidazole rings is 1. The number of aryl methyl sites for hydroxylation is 1. The van der Waals surface area contributed by atoms with E-state index in [1.807, 2.05) is 36.6 Å². The summed E-state index contributed by atoms with van der Waals surface area (Å²) in [5, 5.41) is 9.48. The van der Waals surface area contributed by atoms with Gasteiger partial charge in [-0.1, -0.05) is 17.8 Å². The van der Waals surface area contributed by atoms with Crippen LogP contribution in [0.2, 0.25) is 0 Å². The van der Waals surface area contributed by atoms with Gasteiger partial charge in [-0.15, -0.1) is 0 Å². The van der Waals surface area contributed by atoms with Gasteiger partial charge in [-0.2, -0.15) is 0 Å². The van der Waals surface area contributed by atoms with E-state index in [-0.39, 0.29) is 5.75 Å². The molecule has 0 radical (unpaired) electrons. The first-order chi connectivity index (χ1) is 9.17. The third-order valence-electron chi connectivity index (χ3n) is 2.65. The molecule has 0 saturated carbocycles. The van der Waals surface area contributed by atoms with Crippen molar-refractivity contribution in [2.24, 2.45) is 0 Å². The largest absolute Gasteiger partial charge is 0.492 e. The fourth-order valence-electron chi connectivity index (χ4n) is 1.91. The maximum Gasteiger partial charge on any atom is 0.313 e. The number of hydrogen-bond acceptors (Lipinski definition) is 4. The van der Waals surface area contributed by atoms with Crippen molar-refractivity contribution >= 4 is 28.8 Å². The molecule has 0 amide bonds. The minimum absolute atomic E-state index is 0.00723. The van der Waals surface area contributed by atoms with E-state index < -0.39 is 5.97 Å². The lowest BCUT2D eigenvalue weighted by Gasteiger charge is -2.05. The molecule has 0 aliphatic carbocycles. The summed E-state index contributed by atoms with van der Waals surface area (Å²) in [6.07, 6.45) is 0. The van der Waals surface area contributed by atoms with Crippen LogP contribution in [0.25, 0.3) is 11.0 Å². The van der Waals surface area contributed by atoms with Crippen molar-refractivity contribution in [2.75, 3.05) is 12.4 Å². The number of thioether (sulfide) groups is 1. The molecule has 0 saturated heterocycles. The van der Waals surface area contributed by atoms with Crippen molar-refractivity contribution in [3.8, 4) is 5.75 Å². The number of benzene rings is 1. The van der Waals surface area contributed by atoms with Gasteiger partial charge in [0.15, 0.2) is 5.16 Å². The Balaban J connectivity index is 2.46. The fourth-order valence-corrected chi connectivity index (χ4v) is 2.71. The molecular formula is C13H16N2O3S. The molecule has 0 aliphatic rings. The Hall–Kier alpha value is -1.69.